The highest BCUT2D eigenvalue weighted by molar-refractivity contribution is 5.75. The normalized spacial score (nSPS) is 13.8. The average Bonchev–Trinajstić information content (AvgIpc) is 3.51. The Morgan fingerprint density at radius 3 is 2.89 bits per heavy atom. The van der Waals surface area contributed by atoms with Crippen LogP contribution in [-0.4, -0.2) is 19.9 Å². The van der Waals surface area contributed by atoms with E-state index in [1.807, 2.05) is 12.1 Å². The molecule has 0 radical (unpaired) electrons. The zero-order valence-corrected chi connectivity index (χ0v) is 15.4. The molecule has 2 heterocycles. The van der Waals surface area contributed by atoms with Gasteiger partial charge in [-0.1, -0.05) is 32.1 Å². The van der Waals surface area contributed by atoms with Crippen LogP contribution >= 0.6 is 0 Å². The second-order valence-corrected chi connectivity index (χ2v) is 7.22. The first-order chi connectivity index (χ1) is 13.3. The molecule has 0 aliphatic heterocycles. The number of nitrogens with zero attached hydrogens (tertiary/aromatic N) is 3. The lowest BCUT2D eigenvalue weighted by atomic mass is 10.1. The number of benzene rings is 1. The third-order valence-electron chi connectivity index (χ3n) is 4.96. The minimum atomic E-state index is -0.101. The van der Waals surface area contributed by atoms with E-state index in [1.165, 1.54) is 32.1 Å². The first kappa shape index (κ1) is 17.6. The molecule has 0 bridgehead atoms. The first-order valence-corrected chi connectivity index (χ1v) is 9.68. The Hall–Kier alpha value is -2.76. The number of unbranched alkanes of at least 4 members (excludes halogenated alkanes) is 2. The van der Waals surface area contributed by atoms with E-state index >= 15 is 0 Å². The van der Waals surface area contributed by atoms with Crippen LogP contribution < -0.4 is 10.3 Å². The van der Waals surface area contributed by atoms with Gasteiger partial charge < -0.3 is 9.72 Å². The van der Waals surface area contributed by atoms with Crippen LogP contribution in [0.25, 0.3) is 11.0 Å². The van der Waals surface area contributed by atoms with Crippen LogP contribution in [0, 0.1) is 5.92 Å². The van der Waals surface area contributed by atoms with Gasteiger partial charge in [0, 0.05) is 18.5 Å². The molecule has 140 valence electrons. The lowest BCUT2D eigenvalue weighted by molar-refractivity contribution is 0.301. The van der Waals surface area contributed by atoms with E-state index in [-0.39, 0.29) is 5.56 Å². The number of aryl methyl sites for hydroxylation is 1. The molecule has 0 atom stereocenters. The molecule has 1 aliphatic rings. The van der Waals surface area contributed by atoms with E-state index in [2.05, 4.69) is 19.9 Å². The van der Waals surface area contributed by atoms with Crippen molar-refractivity contribution in [2.24, 2.45) is 5.92 Å². The number of aromatic nitrogens is 4. The second kappa shape index (κ2) is 8.29. The van der Waals surface area contributed by atoms with Gasteiger partial charge in [0.05, 0.1) is 22.9 Å². The molecule has 6 heteroatoms. The van der Waals surface area contributed by atoms with Gasteiger partial charge in [-0.05, 0) is 30.9 Å². The Bertz CT molecular complexity index is 951. The van der Waals surface area contributed by atoms with Gasteiger partial charge in [-0.15, -0.1) is 0 Å². The summed E-state index contributed by atoms with van der Waals surface area (Å²) in [5.74, 6) is 1.65. The number of hydrogen-bond donors (Lipinski definition) is 1. The molecule has 3 aromatic rings. The Labute approximate surface area is 158 Å². The lowest BCUT2D eigenvalue weighted by Crippen LogP contribution is -2.15. The standard InChI is InChI=1S/C21H24N4O2/c26-21-19(5-3-1-2-4-15-6-7-15)24-18-9-8-17(12-20(18)25-21)27-14-16-13-22-10-11-23-16/h8-13,15H,1-7,14H2,(H,25,26). The van der Waals surface area contributed by atoms with E-state index in [4.69, 9.17) is 4.74 Å². The molecule has 1 aromatic carbocycles. The molecule has 0 unspecified atom stereocenters. The van der Waals surface area contributed by atoms with Gasteiger partial charge in [0.1, 0.15) is 18.1 Å². The van der Waals surface area contributed by atoms with Gasteiger partial charge in [0.25, 0.3) is 5.56 Å². The van der Waals surface area contributed by atoms with E-state index < -0.39 is 0 Å². The average molecular weight is 364 g/mol. The molecule has 0 amide bonds. The molecule has 27 heavy (non-hydrogen) atoms. The Morgan fingerprint density at radius 1 is 1.15 bits per heavy atom. The van der Waals surface area contributed by atoms with Crippen molar-refractivity contribution in [1.29, 1.82) is 0 Å². The van der Waals surface area contributed by atoms with Gasteiger partial charge in [-0.3, -0.25) is 14.8 Å². The van der Waals surface area contributed by atoms with Crippen LogP contribution in [0.3, 0.4) is 0 Å². The van der Waals surface area contributed by atoms with Crippen LogP contribution in [0.2, 0.25) is 0 Å². The van der Waals surface area contributed by atoms with Crippen molar-refractivity contribution in [2.45, 2.75) is 51.6 Å². The molecule has 1 aliphatic carbocycles. The van der Waals surface area contributed by atoms with Crippen molar-refractivity contribution in [3.8, 4) is 5.75 Å². The fourth-order valence-electron chi connectivity index (χ4n) is 3.23. The smallest absolute Gasteiger partial charge is 0.270 e. The monoisotopic (exact) mass is 364 g/mol. The van der Waals surface area contributed by atoms with Crippen LogP contribution in [0.4, 0.5) is 0 Å². The number of rotatable bonds is 9. The van der Waals surface area contributed by atoms with Crippen LogP contribution in [-0.2, 0) is 13.0 Å². The SMILES string of the molecule is O=c1[nH]c2cc(OCc3cnccn3)ccc2nc1CCCCCC1CC1. The maximum atomic E-state index is 12.3. The summed E-state index contributed by atoms with van der Waals surface area (Å²) < 4.78 is 5.73. The molecule has 2 aromatic heterocycles. The predicted octanol–water partition coefficient (Wildman–Crippen LogP) is 3.81. The van der Waals surface area contributed by atoms with Crippen molar-refractivity contribution >= 4 is 11.0 Å². The number of fused-ring (bicyclic) bond motifs is 1. The molecule has 1 saturated carbocycles. The van der Waals surface area contributed by atoms with Crippen molar-refractivity contribution in [3.05, 3.63) is 58.5 Å². The summed E-state index contributed by atoms with van der Waals surface area (Å²) in [5.41, 5.74) is 2.75. The van der Waals surface area contributed by atoms with E-state index in [1.54, 1.807) is 24.7 Å². The molecule has 4 rings (SSSR count). The van der Waals surface area contributed by atoms with Crippen molar-refractivity contribution in [2.75, 3.05) is 0 Å². The number of nitrogens with one attached hydrogen (secondary N) is 1. The van der Waals surface area contributed by atoms with Gasteiger partial charge in [0.2, 0.25) is 0 Å². The lowest BCUT2D eigenvalue weighted by Gasteiger charge is -2.07. The highest BCUT2D eigenvalue weighted by atomic mass is 16.5. The van der Waals surface area contributed by atoms with Crippen LogP contribution in [0.15, 0.2) is 41.6 Å². The summed E-state index contributed by atoms with van der Waals surface area (Å²) in [6.45, 7) is 0.329. The molecular formula is C21H24N4O2. The third-order valence-corrected chi connectivity index (χ3v) is 4.96. The van der Waals surface area contributed by atoms with E-state index in [0.717, 1.165) is 30.0 Å². The highest BCUT2D eigenvalue weighted by Gasteiger charge is 2.19. The van der Waals surface area contributed by atoms with E-state index in [9.17, 15) is 4.79 Å². The van der Waals surface area contributed by atoms with Crippen molar-refractivity contribution in [1.82, 2.24) is 19.9 Å². The van der Waals surface area contributed by atoms with Crippen molar-refractivity contribution < 1.29 is 4.74 Å². The summed E-state index contributed by atoms with van der Waals surface area (Å²) in [5, 5.41) is 0. The predicted molar refractivity (Wildman–Crippen MR) is 104 cm³/mol. The second-order valence-electron chi connectivity index (χ2n) is 7.22. The molecule has 0 saturated heterocycles. The number of hydrogen-bond acceptors (Lipinski definition) is 5. The minimum absolute atomic E-state index is 0.101. The van der Waals surface area contributed by atoms with Gasteiger partial charge >= 0.3 is 0 Å². The summed E-state index contributed by atoms with van der Waals surface area (Å²) in [6, 6.07) is 5.55. The third kappa shape index (κ3) is 4.90. The molecule has 6 nitrogen and oxygen atoms in total. The van der Waals surface area contributed by atoms with Crippen LogP contribution in [0.5, 0.6) is 5.75 Å². The fraction of sp³-hybridized carbons (Fsp3) is 0.429. The molecule has 0 spiro atoms. The number of H-pyrrole nitrogens is 1. The maximum Gasteiger partial charge on any atom is 0.270 e. The largest absolute Gasteiger partial charge is 0.487 e. The minimum Gasteiger partial charge on any atom is -0.487 e. The summed E-state index contributed by atoms with van der Waals surface area (Å²) in [6.07, 6.45) is 13.3. The Balaban J connectivity index is 1.37. The van der Waals surface area contributed by atoms with Gasteiger partial charge in [0.15, 0.2) is 0 Å². The first-order valence-electron chi connectivity index (χ1n) is 9.68. The highest BCUT2D eigenvalue weighted by Crippen LogP contribution is 2.34. The molecule has 1 fully saturated rings. The van der Waals surface area contributed by atoms with Crippen molar-refractivity contribution in [3.63, 3.8) is 0 Å². The molecule has 1 N–H and O–H groups in total. The maximum absolute atomic E-state index is 12.3. The number of ether oxygens (including phenoxy) is 1. The van der Waals surface area contributed by atoms with Gasteiger partial charge in [-0.25, -0.2) is 4.98 Å². The summed E-state index contributed by atoms with van der Waals surface area (Å²) >= 11 is 0. The van der Waals surface area contributed by atoms with E-state index in [0.29, 0.717) is 23.6 Å². The van der Waals surface area contributed by atoms with Gasteiger partial charge in [-0.2, -0.15) is 0 Å². The zero-order valence-electron chi connectivity index (χ0n) is 15.4. The Morgan fingerprint density at radius 2 is 2.07 bits per heavy atom. The number of aromatic amines is 1. The molecular weight excluding hydrogens is 340 g/mol. The summed E-state index contributed by atoms with van der Waals surface area (Å²) in [7, 11) is 0. The summed E-state index contributed by atoms with van der Waals surface area (Å²) in [4.78, 5) is 28.0. The fourth-order valence-corrected chi connectivity index (χ4v) is 3.23. The zero-order chi connectivity index (χ0) is 18.5. The topological polar surface area (TPSA) is 80.8 Å². The van der Waals surface area contributed by atoms with Crippen LogP contribution in [0.1, 0.15) is 49.9 Å². The quantitative estimate of drug-likeness (QED) is 0.584. The Kier molecular flexibility index (Phi) is 5.42.